The van der Waals surface area contributed by atoms with Gasteiger partial charge in [0.05, 0.1) is 18.8 Å². The van der Waals surface area contributed by atoms with Crippen LogP contribution in [0, 0.1) is 0 Å². The molecule has 25 heavy (non-hydrogen) atoms. The molecule has 1 aliphatic rings. The molecule has 130 valence electrons. The van der Waals surface area contributed by atoms with Crippen LogP contribution in [0.4, 0.5) is 5.69 Å². The number of carbonyl (C=O) groups is 1. The second kappa shape index (κ2) is 7.88. The van der Waals surface area contributed by atoms with Crippen LogP contribution in [-0.2, 0) is 4.79 Å². The molecule has 3 rings (SSSR count). The van der Waals surface area contributed by atoms with Gasteiger partial charge >= 0.3 is 0 Å². The first-order chi connectivity index (χ1) is 12.2. The fourth-order valence-electron chi connectivity index (χ4n) is 2.75. The molecule has 1 unspecified atom stereocenters. The summed E-state index contributed by atoms with van der Waals surface area (Å²) in [5.41, 5.74) is 1.78. The molecule has 0 aromatic heterocycles. The normalized spacial score (nSPS) is 16.4. The molecule has 0 N–H and O–H groups in total. The largest absolute Gasteiger partial charge is 0.494 e. The zero-order chi connectivity index (χ0) is 17.6. The highest BCUT2D eigenvalue weighted by molar-refractivity contribution is 6.05. The average Bonchev–Trinajstić information content (AvgIpc) is 2.64. The van der Waals surface area contributed by atoms with E-state index in [9.17, 15) is 4.79 Å². The predicted octanol–water partition coefficient (Wildman–Crippen LogP) is 4.30. The summed E-state index contributed by atoms with van der Waals surface area (Å²) >= 11 is 0. The zero-order valence-electron chi connectivity index (χ0n) is 14.6. The number of ether oxygens (including phenoxy) is 2. The molecular formula is C21H23NO3. The number of fused-ring (bicyclic) bond motifs is 1. The van der Waals surface area contributed by atoms with Crippen LogP contribution in [0.2, 0.25) is 0 Å². The molecule has 4 heteroatoms. The monoisotopic (exact) mass is 337 g/mol. The number of carbonyl (C=O) groups excluding carboxylic acids is 1. The SMILES string of the molecule is CCCOc1ccc(/C=C/C(=O)N2CC(C)Oc3ccccc32)cc1. The van der Waals surface area contributed by atoms with Gasteiger partial charge in [-0.3, -0.25) is 4.79 Å². The quantitative estimate of drug-likeness (QED) is 0.764. The lowest BCUT2D eigenvalue weighted by atomic mass is 10.1. The van der Waals surface area contributed by atoms with Crippen molar-refractivity contribution in [3.05, 3.63) is 60.2 Å². The first-order valence-electron chi connectivity index (χ1n) is 8.65. The Labute approximate surface area is 148 Å². The van der Waals surface area contributed by atoms with Crippen molar-refractivity contribution in [2.24, 2.45) is 0 Å². The lowest BCUT2D eigenvalue weighted by molar-refractivity contribution is -0.114. The second-order valence-corrected chi connectivity index (χ2v) is 6.10. The van der Waals surface area contributed by atoms with E-state index in [1.807, 2.05) is 61.5 Å². The van der Waals surface area contributed by atoms with E-state index in [1.54, 1.807) is 11.0 Å². The van der Waals surface area contributed by atoms with E-state index in [0.29, 0.717) is 13.2 Å². The third-order valence-electron chi connectivity index (χ3n) is 3.96. The Bertz CT molecular complexity index is 752. The van der Waals surface area contributed by atoms with Gasteiger partial charge in [0.1, 0.15) is 17.6 Å². The molecule has 2 aromatic carbocycles. The van der Waals surface area contributed by atoms with Gasteiger partial charge in [-0.2, -0.15) is 0 Å². The van der Waals surface area contributed by atoms with Crippen LogP contribution in [0.15, 0.2) is 54.6 Å². The van der Waals surface area contributed by atoms with Gasteiger partial charge in [-0.15, -0.1) is 0 Å². The van der Waals surface area contributed by atoms with Crippen LogP contribution in [0.5, 0.6) is 11.5 Å². The Kier molecular flexibility index (Phi) is 5.39. The van der Waals surface area contributed by atoms with Crippen molar-refractivity contribution >= 4 is 17.7 Å². The van der Waals surface area contributed by atoms with Crippen molar-refractivity contribution < 1.29 is 14.3 Å². The molecule has 2 aromatic rings. The molecule has 0 saturated carbocycles. The number of anilines is 1. The average molecular weight is 337 g/mol. The Morgan fingerprint density at radius 1 is 1.24 bits per heavy atom. The second-order valence-electron chi connectivity index (χ2n) is 6.10. The number of hydrogen-bond acceptors (Lipinski definition) is 3. The fraction of sp³-hybridized carbons (Fsp3) is 0.286. The molecule has 1 atom stereocenters. The van der Waals surface area contributed by atoms with Gasteiger partial charge in [-0.25, -0.2) is 0 Å². The molecule has 1 aliphatic heterocycles. The Hall–Kier alpha value is -2.75. The van der Waals surface area contributed by atoms with Gasteiger partial charge in [-0.1, -0.05) is 31.2 Å². The highest BCUT2D eigenvalue weighted by Crippen LogP contribution is 2.33. The molecule has 0 radical (unpaired) electrons. The van der Waals surface area contributed by atoms with Crippen LogP contribution in [0.3, 0.4) is 0 Å². The highest BCUT2D eigenvalue weighted by Gasteiger charge is 2.25. The molecule has 1 amide bonds. The molecule has 0 bridgehead atoms. The number of nitrogens with zero attached hydrogens (tertiary/aromatic N) is 1. The highest BCUT2D eigenvalue weighted by atomic mass is 16.5. The minimum Gasteiger partial charge on any atom is -0.494 e. The zero-order valence-corrected chi connectivity index (χ0v) is 14.6. The standard InChI is InChI=1S/C21H23NO3/c1-3-14-24-18-11-8-17(9-12-18)10-13-21(23)22-15-16(2)25-20-7-5-4-6-19(20)22/h4-13,16H,3,14-15H2,1-2H3/b13-10+. The maximum atomic E-state index is 12.6. The summed E-state index contributed by atoms with van der Waals surface area (Å²) in [6, 6.07) is 15.4. The van der Waals surface area contributed by atoms with Crippen LogP contribution in [0.1, 0.15) is 25.8 Å². The summed E-state index contributed by atoms with van der Waals surface area (Å²) < 4.78 is 11.4. The third-order valence-corrected chi connectivity index (χ3v) is 3.96. The number of amides is 1. The maximum absolute atomic E-state index is 12.6. The first-order valence-corrected chi connectivity index (χ1v) is 8.65. The Balaban J connectivity index is 1.70. The summed E-state index contributed by atoms with van der Waals surface area (Å²) in [4.78, 5) is 14.4. The molecule has 0 aliphatic carbocycles. The van der Waals surface area contributed by atoms with Crippen molar-refractivity contribution in [3.8, 4) is 11.5 Å². The van der Waals surface area contributed by atoms with E-state index in [-0.39, 0.29) is 12.0 Å². The topological polar surface area (TPSA) is 38.8 Å². The van der Waals surface area contributed by atoms with Crippen molar-refractivity contribution in [1.82, 2.24) is 0 Å². The van der Waals surface area contributed by atoms with Gasteiger partial charge in [0, 0.05) is 6.08 Å². The van der Waals surface area contributed by atoms with E-state index in [4.69, 9.17) is 9.47 Å². The van der Waals surface area contributed by atoms with E-state index in [0.717, 1.165) is 29.2 Å². The summed E-state index contributed by atoms with van der Waals surface area (Å²) in [7, 11) is 0. The lowest BCUT2D eigenvalue weighted by Crippen LogP contribution is -2.41. The summed E-state index contributed by atoms with van der Waals surface area (Å²) in [6.07, 6.45) is 4.39. The van der Waals surface area contributed by atoms with E-state index < -0.39 is 0 Å². The van der Waals surface area contributed by atoms with E-state index in [2.05, 4.69) is 6.92 Å². The van der Waals surface area contributed by atoms with Gasteiger partial charge < -0.3 is 14.4 Å². The Morgan fingerprint density at radius 3 is 2.76 bits per heavy atom. The minimum atomic E-state index is -0.0473. The number of para-hydroxylation sites is 2. The van der Waals surface area contributed by atoms with Crippen molar-refractivity contribution in [2.45, 2.75) is 26.4 Å². The van der Waals surface area contributed by atoms with E-state index in [1.165, 1.54) is 0 Å². The van der Waals surface area contributed by atoms with Crippen molar-refractivity contribution in [2.75, 3.05) is 18.1 Å². The number of benzene rings is 2. The molecule has 0 fully saturated rings. The molecule has 0 spiro atoms. The van der Waals surface area contributed by atoms with Gasteiger partial charge in [-0.05, 0) is 49.2 Å². The van der Waals surface area contributed by atoms with Crippen LogP contribution in [-0.4, -0.2) is 25.2 Å². The van der Waals surface area contributed by atoms with Gasteiger partial charge in [0.25, 0.3) is 5.91 Å². The van der Waals surface area contributed by atoms with Gasteiger partial charge in [0.2, 0.25) is 0 Å². The fourth-order valence-corrected chi connectivity index (χ4v) is 2.75. The van der Waals surface area contributed by atoms with Crippen LogP contribution in [0.25, 0.3) is 6.08 Å². The smallest absolute Gasteiger partial charge is 0.251 e. The minimum absolute atomic E-state index is 0.0257. The third kappa shape index (κ3) is 4.21. The maximum Gasteiger partial charge on any atom is 0.251 e. The van der Waals surface area contributed by atoms with Crippen LogP contribution < -0.4 is 14.4 Å². The van der Waals surface area contributed by atoms with Gasteiger partial charge in [0.15, 0.2) is 0 Å². The van der Waals surface area contributed by atoms with Crippen molar-refractivity contribution in [3.63, 3.8) is 0 Å². The molecule has 0 saturated heterocycles. The summed E-state index contributed by atoms with van der Waals surface area (Å²) in [6.45, 7) is 5.30. The summed E-state index contributed by atoms with van der Waals surface area (Å²) in [5.74, 6) is 1.55. The number of rotatable bonds is 5. The summed E-state index contributed by atoms with van der Waals surface area (Å²) in [5, 5.41) is 0. The molecule has 4 nitrogen and oxygen atoms in total. The lowest BCUT2D eigenvalue weighted by Gasteiger charge is -2.32. The van der Waals surface area contributed by atoms with Crippen molar-refractivity contribution in [1.29, 1.82) is 0 Å². The van der Waals surface area contributed by atoms with E-state index >= 15 is 0 Å². The number of hydrogen-bond donors (Lipinski definition) is 0. The molecular weight excluding hydrogens is 314 g/mol. The first kappa shape index (κ1) is 17.1. The predicted molar refractivity (Wildman–Crippen MR) is 100 cm³/mol. The molecule has 1 heterocycles. The Morgan fingerprint density at radius 2 is 2.00 bits per heavy atom. The van der Waals surface area contributed by atoms with Crippen LogP contribution >= 0.6 is 0 Å².